The van der Waals surface area contributed by atoms with Crippen LogP contribution in [0.25, 0.3) is 0 Å². The number of nitrogens with one attached hydrogen (secondary N) is 1. The van der Waals surface area contributed by atoms with Crippen molar-refractivity contribution < 1.29 is 14.3 Å². The van der Waals surface area contributed by atoms with Crippen LogP contribution in [0.4, 0.5) is 0 Å². The Hall–Kier alpha value is -2.08. The maximum atomic E-state index is 12.9. The molecule has 1 N–H and O–H groups in total. The van der Waals surface area contributed by atoms with Gasteiger partial charge in [-0.05, 0) is 51.1 Å². The van der Waals surface area contributed by atoms with Gasteiger partial charge in [0.25, 0.3) is 0 Å². The van der Waals surface area contributed by atoms with Crippen molar-refractivity contribution in [3.05, 3.63) is 29.8 Å². The summed E-state index contributed by atoms with van der Waals surface area (Å²) < 4.78 is 5.29. The van der Waals surface area contributed by atoms with E-state index in [2.05, 4.69) is 22.3 Å². The highest BCUT2D eigenvalue weighted by Crippen LogP contribution is 2.41. The summed E-state index contributed by atoms with van der Waals surface area (Å²) >= 11 is 0. The molecule has 6 nitrogen and oxygen atoms in total. The summed E-state index contributed by atoms with van der Waals surface area (Å²) in [4.78, 5) is 29.1. The van der Waals surface area contributed by atoms with Gasteiger partial charge in [-0.2, -0.15) is 0 Å². The van der Waals surface area contributed by atoms with Crippen LogP contribution in [0.3, 0.4) is 0 Å². The van der Waals surface area contributed by atoms with E-state index in [1.165, 1.54) is 18.4 Å². The number of hydrogen-bond donors (Lipinski definition) is 1. The minimum atomic E-state index is -0.107. The zero-order chi connectivity index (χ0) is 20.9. The highest BCUT2D eigenvalue weighted by molar-refractivity contribution is 5.83. The van der Waals surface area contributed by atoms with Crippen molar-refractivity contribution in [2.75, 3.05) is 47.4 Å². The van der Waals surface area contributed by atoms with Gasteiger partial charge in [0.05, 0.1) is 13.0 Å². The number of amides is 2. The van der Waals surface area contributed by atoms with Crippen LogP contribution in [0, 0.1) is 5.92 Å². The van der Waals surface area contributed by atoms with Crippen LogP contribution in [0.1, 0.15) is 44.1 Å². The fourth-order valence-corrected chi connectivity index (χ4v) is 4.63. The lowest BCUT2D eigenvalue weighted by molar-refractivity contribution is -0.138. The summed E-state index contributed by atoms with van der Waals surface area (Å²) in [5.41, 5.74) is 1.29. The van der Waals surface area contributed by atoms with E-state index < -0.39 is 0 Å². The summed E-state index contributed by atoms with van der Waals surface area (Å²) in [5, 5.41) is 3.24. The van der Waals surface area contributed by atoms with E-state index in [4.69, 9.17) is 4.74 Å². The van der Waals surface area contributed by atoms with Crippen LogP contribution in [0.5, 0.6) is 5.75 Å². The second-order valence-electron chi connectivity index (χ2n) is 8.81. The molecule has 2 amide bonds. The first-order valence-electron chi connectivity index (χ1n) is 10.8. The molecule has 1 aliphatic carbocycles. The predicted octanol–water partition coefficient (Wildman–Crippen LogP) is 2.42. The van der Waals surface area contributed by atoms with Gasteiger partial charge in [-0.25, -0.2) is 0 Å². The van der Waals surface area contributed by atoms with Gasteiger partial charge in [0.1, 0.15) is 5.75 Å². The Bertz CT molecular complexity index is 696. The molecule has 1 aromatic carbocycles. The van der Waals surface area contributed by atoms with E-state index in [-0.39, 0.29) is 23.1 Å². The molecule has 1 atom stereocenters. The molecule has 2 aliphatic rings. The van der Waals surface area contributed by atoms with Gasteiger partial charge in [0, 0.05) is 38.0 Å². The Kier molecular flexibility index (Phi) is 7.17. The average Bonchev–Trinajstić information content (AvgIpc) is 3.21. The van der Waals surface area contributed by atoms with E-state index in [0.717, 1.165) is 25.1 Å². The number of hydrogen-bond acceptors (Lipinski definition) is 4. The molecule has 0 aromatic heterocycles. The molecule has 1 aromatic rings. The number of likely N-dealkylation sites (tertiary alicyclic amines) is 1. The molecule has 0 bridgehead atoms. The number of carbonyl (C=O) groups excluding carboxylic acids is 2. The zero-order valence-electron chi connectivity index (χ0n) is 18.1. The van der Waals surface area contributed by atoms with Crippen LogP contribution in [-0.2, 0) is 15.0 Å². The molecule has 29 heavy (non-hydrogen) atoms. The number of ether oxygens (including phenoxy) is 1. The molecule has 2 fully saturated rings. The smallest absolute Gasteiger partial charge is 0.224 e. The maximum Gasteiger partial charge on any atom is 0.224 e. The van der Waals surface area contributed by atoms with Crippen molar-refractivity contribution >= 4 is 11.8 Å². The maximum absolute atomic E-state index is 12.9. The number of piperidine rings is 1. The second kappa shape index (κ2) is 9.61. The second-order valence-corrected chi connectivity index (χ2v) is 8.81. The fourth-order valence-electron chi connectivity index (χ4n) is 4.63. The summed E-state index contributed by atoms with van der Waals surface area (Å²) in [6.07, 6.45) is 5.69. The molecular weight excluding hydrogens is 366 g/mol. The summed E-state index contributed by atoms with van der Waals surface area (Å²) in [7, 11) is 5.68. The normalized spacial score (nSPS) is 21.4. The minimum absolute atomic E-state index is 0.0109. The molecule has 1 heterocycles. The molecule has 3 rings (SSSR count). The average molecular weight is 402 g/mol. The lowest BCUT2D eigenvalue weighted by Gasteiger charge is -2.34. The summed E-state index contributed by atoms with van der Waals surface area (Å²) in [5.74, 6) is 1.01. The van der Waals surface area contributed by atoms with Gasteiger partial charge in [-0.15, -0.1) is 0 Å². The molecule has 6 heteroatoms. The highest BCUT2D eigenvalue weighted by atomic mass is 16.5. The SMILES string of the molecule is COc1ccc(C2(CNC(=O)C3CCC(=O)N(CCN(C)C)C3)CCCC2)cc1. The largest absolute Gasteiger partial charge is 0.497 e. The number of benzene rings is 1. The molecule has 1 saturated carbocycles. The molecule has 160 valence electrons. The van der Waals surface area contributed by atoms with E-state index in [0.29, 0.717) is 32.5 Å². The van der Waals surface area contributed by atoms with E-state index in [1.54, 1.807) is 7.11 Å². The minimum Gasteiger partial charge on any atom is -0.497 e. The monoisotopic (exact) mass is 401 g/mol. The van der Waals surface area contributed by atoms with E-state index >= 15 is 0 Å². The van der Waals surface area contributed by atoms with Gasteiger partial charge >= 0.3 is 0 Å². The number of likely N-dealkylation sites (N-methyl/N-ethyl adjacent to an activating group) is 1. The lowest BCUT2D eigenvalue weighted by Crippen LogP contribution is -2.49. The van der Waals surface area contributed by atoms with Crippen LogP contribution in [0.2, 0.25) is 0 Å². The number of carbonyl (C=O) groups is 2. The third kappa shape index (κ3) is 5.30. The van der Waals surface area contributed by atoms with Crippen LogP contribution < -0.4 is 10.1 Å². The first-order chi connectivity index (χ1) is 13.9. The lowest BCUT2D eigenvalue weighted by atomic mass is 9.78. The number of rotatable bonds is 8. The summed E-state index contributed by atoms with van der Waals surface area (Å²) in [6, 6.07) is 8.29. The Morgan fingerprint density at radius 3 is 2.55 bits per heavy atom. The third-order valence-corrected chi connectivity index (χ3v) is 6.55. The Labute approximate surface area is 174 Å². The van der Waals surface area contributed by atoms with Crippen LogP contribution >= 0.6 is 0 Å². The van der Waals surface area contributed by atoms with Gasteiger partial charge in [0.2, 0.25) is 11.8 Å². The first-order valence-corrected chi connectivity index (χ1v) is 10.8. The van der Waals surface area contributed by atoms with Crippen molar-refractivity contribution in [3.63, 3.8) is 0 Å². The molecule has 1 saturated heterocycles. The van der Waals surface area contributed by atoms with Gasteiger partial charge in [0.15, 0.2) is 0 Å². The molecule has 0 radical (unpaired) electrons. The van der Waals surface area contributed by atoms with Crippen molar-refractivity contribution in [2.45, 2.75) is 43.9 Å². The van der Waals surface area contributed by atoms with Crippen molar-refractivity contribution in [2.24, 2.45) is 5.92 Å². The number of nitrogens with zero attached hydrogens (tertiary/aromatic N) is 2. The Balaban J connectivity index is 1.60. The van der Waals surface area contributed by atoms with Crippen LogP contribution in [-0.4, -0.2) is 69.0 Å². The Morgan fingerprint density at radius 2 is 1.93 bits per heavy atom. The first kappa shape index (κ1) is 21.6. The van der Waals surface area contributed by atoms with Gasteiger partial charge in [-0.1, -0.05) is 25.0 Å². The molecule has 0 spiro atoms. The standard InChI is InChI=1S/C23H35N3O3/c1-25(2)14-15-26-16-18(6-11-21(26)27)22(28)24-17-23(12-4-5-13-23)19-7-9-20(29-3)10-8-19/h7-10,18H,4-6,11-17H2,1-3H3,(H,24,28). The fraction of sp³-hybridized carbons (Fsp3) is 0.652. The topological polar surface area (TPSA) is 61.9 Å². The number of methoxy groups -OCH3 is 1. The quantitative estimate of drug-likeness (QED) is 0.727. The Morgan fingerprint density at radius 1 is 1.24 bits per heavy atom. The summed E-state index contributed by atoms with van der Waals surface area (Å²) in [6.45, 7) is 2.71. The van der Waals surface area contributed by atoms with Crippen molar-refractivity contribution in [3.8, 4) is 5.75 Å². The predicted molar refractivity (Wildman–Crippen MR) is 114 cm³/mol. The van der Waals surface area contributed by atoms with Crippen LogP contribution in [0.15, 0.2) is 24.3 Å². The van der Waals surface area contributed by atoms with Crippen molar-refractivity contribution in [1.82, 2.24) is 15.1 Å². The highest BCUT2D eigenvalue weighted by Gasteiger charge is 2.37. The van der Waals surface area contributed by atoms with Gasteiger partial charge < -0.3 is 19.9 Å². The third-order valence-electron chi connectivity index (χ3n) is 6.55. The molecular formula is C23H35N3O3. The van der Waals surface area contributed by atoms with Gasteiger partial charge in [-0.3, -0.25) is 9.59 Å². The molecule has 1 unspecified atom stereocenters. The molecule has 1 aliphatic heterocycles. The zero-order valence-corrected chi connectivity index (χ0v) is 18.1. The van der Waals surface area contributed by atoms with Crippen molar-refractivity contribution in [1.29, 1.82) is 0 Å². The van der Waals surface area contributed by atoms with E-state index in [1.807, 2.05) is 31.1 Å². The van der Waals surface area contributed by atoms with E-state index in [9.17, 15) is 9.59 Å².